The van der Waals surface area contributed by atoms with E-state index in [-0.39, 0.29) is 0 Å². The third-order valence-corrected chi connectivity index (χ3v) is 2.93. The minimum atomic E-state index is 0.453. The minimum absolute atomic E-state index is 0.453. The molecule has 0 fully saturated rings. The molecule has 3 N–H and O–H groups in total. The molecule has 6 nitrogen and oxygen atoms in total. The normalized spacial score (nSPS) is 10.1. The second-order valence-corrected chi connectivity index (χ2v) is 4.20. The Bertz CT molecular complexity index is 508. The molecule has 2 rings (SSSR count). The Labute approximate surface area is 113 Å². The zero-order chi connectivity index (χ0) is 12.8. The van der Waals surface area contributed by atoms with E-state index in [1.54, 1.807) is 6.20 Å². The summed E-state index contributed by atoms with van der Waals surface area (Å²) < 4.78 is 6.15. The van der Waals surface area contributed by atoms with Crippen LogP contribution >= 0.6 is 15.9 Å². The molecule has 0 bridgehead atoms. The van der Waals surface area contributed by atoms with Crippen LogP contribution in [0.3, 0.4) is 0 Å². The van der Waals surface area contributed by atoms with Crippen molar-refractivity contribution >= 4 is 21.7 Å². The van der Waals surface area contributed by atoms with Crippen molar-refractivity contribution in [1.82, 2.24) is 15.0 Å². The van der Waals surface area contributed by atoms with Crippen LogP contribution in [0.15, 0.2) is 35.2 Å². The van der Waals surface area contributed by atoms with Crippen molar-refractivity contribution in [3.63, 3.8) is 0 Å². The lowest BCUT2D eigenvalue weighted by atomic mass is 10.3. The van der Waals surface area contributed by atoms with Crippen LogP contribution in [0.1, 0.15) is 5.69 Å². The van der Waals surface area contributed by atoms with E-state index in [2.05, 4.69) is 36.3 Å². The van der Waals surface area contributed by atoms with E-state index in [9.17, 15) is 0 Å². The number of nitrogens with zero attached hydrogens (tertiary/aromatic N) is 3. The third-order valence-electron chi connectivity index (χ3n) is 2.22. The van der Waals surface area contributed by atoms with Gasteiger partial charge in [0.2, 0.25) is 5.88 Å². The van der Waals surface area contributed by atoms with Gasteiger partial charge in [-0.25, -0.2) is 15.8 Å². The van der Waals surface area contributed by atoms with Gasteiger partial charge in [-0.2, -0.15) is 0 Å². The quantitative estimate of drug-likeness (QED) is 0.643. The number of halogens is 1. The molecule has 0 amide bonds. The Morgan fingerprint density at radius 3 is 2.89 bits per heavy atom. The summed E-state index contributed by atoms with van der Waals surface area (Å²) in [5, 5.41) is 0. The zero-order valence-electron chi connectivity index (χ0n) is 9.51. The number of nitrogens with two attached hydrogens (primary N) is 1. The number of hydrazine groups is 1. The van der Waals surface area contributed by atoms with Crippen LogP contribution < -0.4 is 16.0 Å². The number of nitrogen functional groups attached to an aromatic ring is 1. The molecule has 18 heavy (non-hydrogen) atoms. The Kier molecular flexibility index (Phi) is 4.43. The average molecular weight is 310 g/mol. The van der Waals surface area contributed by atoms with Gasteiger partial charge < -0.3 is 10.2 Å². The van der Waals surface area contributed by atoms with Gasteiger partial charge in [0.05, 0.1) is 6.61 Å². The molecule has 0 radical (unpaired) electrons. The molecular weight excluding hydrogens is 298 g/mol. The summed E-state index contributed by atoms with van der Waals surface area (Å²) in [5.41, 5.74) is 3.43. The molecule has 2 aromatic heterocycles. The molecule has 7 heteroatoms. The van der Waals surface area contributed by atoms with Gasteiger partial charge in [0.1, 0.15) is 10.8 Å². The van der Waals surface area contributed by atoms with Crippen LogP contribution in [0.4, 0.5) is 5.82 Å². The van der Waals surface area contributed by atoms with E-state index < -0.39 is 0 Å². The van der Waals surface area contributed by atoms with E-state index in [4.69, 9.17) is 10.6 Å². The first-order chi connectivity index (χ1) is 8.81. The summed E-state index contributed by atoms with van der Waals surface area (Å²) >= 11 is 3.32. The summed E-state index contributed by atoms with van der Waals surface area (Å²) in [5.74, 6) is 6.24. The predicted molar refractivity (Wildman–Crippen MR) is 71.0 cm³/mol. The highest BCUT2D eigenvalue weighted by molar-refractivity contribution is 9.10. The van der Waals surface area contributed by atoms with Gasteiger partial charge in [-0.1, -0.05) is 6.07 Å². The fourth-order valence-electron chi connectivity index (χ4n) is 1.35. The van der Waals surface area contributed by atoms with Gasteiger partial charge >= 0.3 is 0 Å². The van der Waals surface area contributed by atoms with Crippen molar-refractivity contribution in [3.8, 4) is 5.88 Å². The Balaban J connectivity index is 1.95. The van der Waals surface area contributed by atoms with Crippen molar-refractivity contribution in [2.24, 2.45) is 5.84 Å². The minimum Gasteiger partial charge on any atom is -0.476 e. The van der Waals surface area contributed by atoms with Crippen molar-refractivity contribution in [2.45, 2.75) is 6.42 Å². The molecule has 0 aliphatic heterocycles. The van der Waals surface area contributed by atoms with E-state index in [0.29, 0.717) is 29.2 Å². The van der Waals surface area contributed by atoms with Gasteiger partial charge in [-0.05, 0) is 28.1 Å². The molecule has 0 aliphatic rings. The summed E-state index contributed by atoms with van der Waals surface area (Å²) in [6.45, 7) is 0.483. The van der Waals surface area contributed by atoms with Gasteiger partial charge in [0, 0.05) is 18.3 Å². The number of nitrogens with one attached hydrogen (secondary N) is 1. The molecule has 0 spiro atoms. The molecule has 0 saturated carbocycles. The molecule has 2 heterocycles. The predicted octanol–water partition coefficient (Wildman–Crippen LogP) is 1.54. The van der Waals surface area contributed by atoms with E-state index in [0.717, 1.165) is 5.69 Å². The van der Waals surface area contributed by atoms with E-state index >= 15 is 0 Å². The molecule has 0 saturated heterocycles. The van der Waals surface area contributed by atoms with Crippen LogP contribution in [0, 0.1) is 0 Å². The summed E-state index contributed by atoms with van der Waals surface area (Å²) in [4.78, 5) is 12.2. The topological polar surface area (TPSA) is 86.0 Å². The second kappa shape index (κ2) is 6.27. The third kappa shape index (κ3) is 3.14. The number of aromatic nitrogens is 3. The molecule has 2 aromatic rings. The number of anilines is 1. The van der Waals surface area contributed by atoms with Gasteiger partial charge in [-0.3, -0.25) is 4.98 Å². The lowest BCUT2D eigenvalue weighted by molar-refractivity contribution is 0.305. The highest BCUT2D eigenvalue weighted by Gasteiger charge is 2.08. The lowest BCUT2D eigenvalue weighted by Crippen LogP contribution is -2.11. The number of ether oxygens (including phenoxy) is 1. The van der Waals surface area contributed by atoms with Crippen molar-refractivity contribution in [1.29, 1.82) is 0 Å². The Hall–Kier alpha value is -1.73. The maximum atomic E-state index is 5.55. The molecule has 0 aromatic carbocycles. The summed E-state index contributed by atoms with van der Waals surface area (Å²) in [6, 6.07) is 5.77. The van der Waals surface area contributed by atoms with Crippen molar-refractivity contribution in [3.05, 3.63) is 40.9 Å². The van der Waals surface area contributed by atoms with E-state index in [1.165, 1.54) is 6.33 Å². The van der Waals surface area contributed by atoms with E-state index in [1.807, 2.05) is 18.2 Å². The Morgan fingerprint density at radius 2 is 2.17 bits per heavy atom. The van der Waals surface area contributed by atoms with Gasteiger partial charge in [-0.15, -0.1) is 0 Å². The number of rotatable bonds is 5. The maximum absolute atomic E-state index is 5.55. The molecule has 0 atom stereocenters. The molecular formula is C11H12BrN5O. The Morgan fingerprint density at radius 1 is 1.28 bits per heavy atom. The first kappa shape index (κ1) is 12.7. The monoisotopic (exact) mass is 309 g/mol. The maximum Gasteiger partial charge on any atom is 0.233 e. The highest BCUT2D eigenvalue weighted by atomic mass is 79.9. The van der Waals surface area contributed by atoms with Crippen LogP contribution in [0.25, 0.3) is 0 Å². The smallest absolute Gasteiger partial charge is 0.233 e. The van der Waals surface area contributed by atoms with Gasteiger partial charge in [0.15, 0.2) is 5.82 Å². The van der Waals surface area contributed by atoms with Crippen molar-refractivity contribution < 1.29 is 4.74 Å². The largest absolute Gasteiger partial charge is 0.476 e. The molecule has 0 aliphatic carbocycles. The fraction of sp³-hybridized carbons (Fsp3) is 0.182. The van der Waals surface area contributed by atoms with Crippen LogP contribution in [0.5, 0.6) is 5.88 Å². The first-order valence-corrected chi connectivity index (χ1v) is 6.10. The number of hydrogen-bond acceptors (Lipinski definition) is 6. The molecule has 0 unspecified atom stereocenters. The van der Waals surface area contributed by atoms with Gasteiger partial charge in [0.25, 0.3) is 0 Å². The van der Waals surface area contributed by atoms with Crippen molar-refractivity contribution in [2.75, 3.05) is 12.0 Å². The van der Waals surface area contributed by atoms with Crippen LogP contribution in [-0.2, 0) is 6.42 Å². The summed E-state index contributed by atoms with van der Waals surface area (Å²) in [7, 11) is 0. The van der Waals surface area contributed by atoms with Crippen LogP contribution in [-0.4, -0.2) is 21.6 Å². The molecule has 94 valence electrons. The summed E-state index contributed by atoms with van der Waals surface area (Å²) in [6.07, 6.45) is 3.85. The lowest BCUT2D eigenvalue weighted by Gasteiger charge is -2.08. The number of pyridine rings is 1. The second-order valence-electron chi connectivity index (χ2n) is 3.41. The first-order valence-electron chi connectivity index (χ1n) is 5.31. The van der Waals surface area contributed by atoms with Crippen LogP contribution in [0.2, 0.25) is 0 Å². The average Bonchev–Trinajstić information content (AvgIpc) is 2.42. The fourth-order valence-corrected chi connectivity index (χ4v) is 1.79. The number of hydrogen-bond donors (Lipinski definition) is 2. The highest BCUT2D eigenvalue weighted by Crippen LogP contribution is 2.27. The standard InChI is InChI=1S/C11H12BrN5O/c12-9-10(17-13)15-7-16-11(9)18-6-4-8-3-1-2-5-14-8/h1-3,5,7H,4,6,13H2,(H,15,16,17). The SMILES string of the molecule is NNc1ncnc(OCCc2ccccn2)c1Br. The zero-order valence-corrected chi connectivity index (χ0v) is 11.1.